The maximum atomic E-state index is 12.4. The van der Waals surface area contributed by atoms with Crippen molar-refractivity contribution in [1.82, 2.24) is 29.8 Å². The molecule has 27 heavy (non-hydrogen) atoms. The summed E-state index contributed by atoms with van der Waals surface area (Å²) in [5.41, 5.74) is 1.83. The van der Waals surface area contributed by atoms with Gasteiger partial charge in [0, 0.05) is 46.2 Å². The zero-order valence-corrected chi connectivity index (χ0v) is 16.5. The van der Waals surface area contributed by atoms with Crippen LogP contribution in [0.5, 0.6) is 0 Å². The molecule has 1 aromatic heterocycles. The van der Waals surface area contributed by atoms with E-state index in [1.165, 1.54) is 0 Å². The smallest absolute Gasteiger partial charge is 0.319 e. The Morgan fingerprint density at radius 3 is 2.70 bits per heavy atom. The molecule has 1 N–H and O–H groups in total. The highest BCUT2D eigenvalue weighted by atomic mass is 16.5. The van der Waals surface area contributed by atoms with E-state index in [1.54, 1.807) is 19.0 Å². The second kappa shape index (κ2) is 8.71. The van der Waals surface area contributed by atoms with Crippen LogP contribution in [0.2, 0.25) is 0 Å². The lowest BCUT2D eigenvalue weighted by Crippen LogP contribution is -2.43. The van der Waals surface area contributed by atoms with Gasteiger partial charge < -0.3 is 19.9 Å². The molecule has 0 radical (unpaired) electrons. The molecule has 2 aliphatic heterocycles. The monoisotopic (exact) mass is 378 g/mol. The van der Waals surface area contributed by atoms with E-state index in [4.69, 9.17) is 4.74 Å². The van der Waals surface area contributed by atoms with Gasteiger partial charge in [0.25, 0.3) is 0 Å². The first-order chi connectivity index (χ1) is 12.9. The van der Waals surface area contributed by atoms with Gasteiger partial charge in [-0.05, 0) is 6.07 Å². The van der Waals surface area contributed by atoms with Crippen LogP contribution in [-0.2, 0) is 29.2 Å². The van der Waals surface area contributed by atoms with Crippen molar-refractivity contribution in [3.63, 3.8) is 0 Å². The number of morpholine rings is 1. The van der Waals surface area contributed by atoms with Crippen LogP contribution >= 0.6 is 0 Å². The Labute approximate surface area is 160 Å². The van der Waals surface area contributed by atoms with E-state index in [9.17, 15) is 9.59 Å². The van der Waals surface area contributed by atoms with Crippen LogP contribution in [0, 0.1) is 5.92 Å². The maximum absolute atomic E-state index is 12.4. The highest BCUT2D eigenvalue weighted by Gasteiger charge is 2.24. The standard InChI is InChI=1S/C18H30N6O3/c1-14(12-22-6-8-27-9-7-22)17(25)19-11-15-10-16-13-23(18(26)21(2)3)4-5-24(16)20-15/h10,14H,4-9,11-13H2,1-3H3,(H,19,25)/t14-/m0/s1. The summed E-state index contributed by atoms with van der Waals surface area (Å²) in [5.74, 6) is -0.0366. The van der Waals surface area contributed by atoms with Crippen molar-refractivity contribution in [2.45, 2.75) is 26.6 Å². The van der Waals surface area contributed by atoms with Gasteiger partial charge in [-0.3, -0.25) is 14.4 Å². The van der Waals surface area contributed by atoms with Gasteiger partial charge in [-0.1, -0.05) is 6.92 Å². The van der Waals surface area contributed by atoms with Crippen molar-refractivity contribution in [3.8, 4) is 0 Å². The summed E-state index contributed by atoms with van der Waals surface area (Å²) in [5, 5.41) is 7.55. The molecule has 0 spiro atoms. The van der Waals surface area contributed by atoms with Gasteiger partial charge >= 0.3 is 6.03 Å². The van der Waals surface area contributed by atoms with Crippen LogP contribution in [0.1, 0.15) is 18.3 Å². The summed E-state index contributed by atoms with van der Waals surface area (Å²) in [6.07, 6.45) is 0. The summed E-state index contributed by atoms with van der Waals surface area (Å²) in [4.78, 5) is 30.2. The van der Waals surface area contributed by atoms with E-state index in [2.05, 4.69) is 15.3 Å². The summed E-state index contributed by atoms with van der Waals surface area (Å²) in [6.45, 7) is 8.22. The summed E-state index contributed by atoms with van der Waals surface area (Å²) < 4.78 is 7.27. The van der Waals surface area contributed by atoms with E-state index in [0.717, 1.165) is 44.2 Å². The average Bonchev–Trinajstić information content (AvgIpc) is 3.08. The van der Waals surface area contributed by atoms with Crippen molar-refractivity contribution in [2.24, 2.45) is 5.92 Å². The first-order valence-electron chi connectivity index (χ1n) is 9.53. The lowest BCUT2D eigenvalue weighted by atomic mass is 10.1. The van der Waals surface area contributed by atoms with Gasteiger partial charge in [-0.2, -0.15) is 5.10 Å². The molecule has 3 amide bonds. The number of carbonyl (C=O) groups excluding carboxylic acids is 2. The third kappa shape index (κ3) is 4.98. The molecule has 2 aliphatic rings. The van der Waals surface area contributed by atoms with Crippen LogP contribution in [-0.4, -0.2) is 89.9 Å². The minimum absolute atomic E-state index is 0.00856. The number of nitrogens with one attached hydrogen (secondary N) is 1. The number of hydrogen-bond acceptors (Lipinski definition) is 5. The van der Waals surface area contributed by atoms with Gasteiger partial charge in [0.1, 0.15) is 0 Å². The number of ether oxygens (including phenoxy) is 1. The summed E-state index contributed by atoms with van der Waals surface area (Å²) in [6, 6.07) is 1.98. The fraction of sp³-hybridized carbons (Fsp3) is 0.722. The molecule has 0 bridgehead atoms. The topological polar surface area (TPSA) is 82.9 Å². The molecule has 1 aromatic rings. The molecule has 3 rings (SSSR count). The largest absolute Gasteiger partial charge is 0.379 e. The lowest BCUT2D eigenvalue weighted by Gasteiger charge is -2.29. The van der Waals surface area contributed by atoms with E-state index in [1.807, 2.05) is 22.6 Å². The van der Waals surface area contributed by atoms with Crippen molar-refractivity contribution >= 4 is 11.9 Å². The number of urea groups is 1. The Hall–Kier alpha value is -2.13. The number of fused-ring (bicyclic) bond motifs is 1. The molecule has 1 fully saturated rings. The van der Waals surface area contributed by atoms with E-state index >= 15 is 0 Å². The van der Waals surface area contributed by atoms with Gasteiger partial charge in [0.05, 0.1) is 44.2 Å². The summed E-state index contributed by atoms with van der Waals surface area (Å²) >= 11 is 0. The van der Waals surface area contributed by atoms with Crippen LogP contribution in [0.3, 0.4) is 0 Å². The number of amides is 3. The van der Waals surface area contributed by atoms with Crippen LogP contribution in [0.25, 0.3) is 0 Å². The van der Waals surface area contributed by atoms with Gasteiger partial charge in [0.2, 0.25) is 5.91 Å². The summed E-state index contributed by atoms with van der Waals surface area (Å²) in [7, 11) is 3.51. The zero-order chi connectivity index (χ0) is 19.4. The fourth-order valence-corrected chi connectivity index (χ4v) is 3.46. The Balaban J connectivity index is 1.49. The van der Waals surface area contributed by atoms with Crippen LogP contribution < -0.4 is 5.32 Å². The van der Waals surface area contributed by atoms with E-state index in [-0.39, 0.29) is 17.9 Å². The molecule has 9 nitrogen and oxygen atoms in total. The minimum atomic E-state index is -0.0754. The quantitative estimate of drug-likeness (QED) is 0.778. The molecule has 9 heteroatoms. The molecule has 0 aromatic carbocycles. The first-order valence-corrected chi connectivity index (χ1v) is 9.53. The Kier molecular flexibility index (Phi) is 6.33. The van der Waals surface area contributed by atoms with Crippen molar-refractivity contribution in [3.05, 3.63) is 17.5 Å². The van der Waals surface area contributed by atoms with Crippen LogP contribution in [0.15, 0.2) is 6.07 Å². The number of carbonyl (C=O) groups is 2. The van der Waals surface area contributed by atoms with Crippen LogP contribution in [0.4, 0.5) is 4.79 Å². The zero-order valence-electron chi connectivity index (χ0n) is 16.5. The second-order valence-electron chi connectivity index (χ2n) is 7.48. The first kappa shape index (κ1) is 19.6. The van der Waals surface area contributed by atoms with Gasteiger partial charge in [0.15, 0.2) is 0 Å². The average molecular weight is 378 g/mol. The molecular weight excluding hydrogens is 348 g/mol. The molecule has 0 saturated carbocycles. The Morgan fingerprint density at radius 2 is 2.00 bits per heavy atom. The maximum Gasteiger partial charge on any atom is 0.319 e. The highest BCUT2D eigenvalue weighted by molar-refractivity contribution is 5.78. The SMILES string of the molecule is C[C@@H](CN1CCOCC1)C(=O)NCc1cc2n(n1)CCN(C(=O)N(C)C)C2. The normalized spacial score (nSPS) is 18.7. The number of hydrogen-bond donors (Lipinski definition) is 1. The molecule has 150 valence electrons. The third-order valence-electron chi connectivity index (χ3n) is 5.03. The molecule has 3 heterocycles. The predicted octanol–water partition coefficient (Wildman–Crippen LogP) is -0.0352. The molecule has 0 aliphatic carbocycles. The second-order valence-corrected chi connectivity index (χ2v) is 7.48. The third-order valence-corrected chi connectivity index (χ3v) is 5.03. The Morgan fingerprint density at radius 1 is 1.26 bits per heavy atom. The predicted molar refractivity (Wildman–Crippen MR) is 100.0 cm³/mol. The number of rotatable bonds is 5. The molecule has 1 atom stereocenters. The van der Waals surface area contributed by atoms with E-state index < -0.39 is 0 Å². The minimum Gasteiger partial charge on any atom is -0.379 e. The van der Waals surface area contributed by atoms with Crippen molar-refractivity contribution in [2.75, 3.05) is 53.5 Å². The van der Waals surface area contributed by atoms with Gasteiger partial charge in [-0.25, -0.2) is 4.79 Å². The fourth-order valence-electron chi connectivity index (χ4n) is 3.46. The highest BCUT2D eigenvalue weighted by Crippen LogP contribution is 2.15. The van der Waals surface area contributed by atoms with Crippen molar-refractivity contribution < 1.29 is 14.3 Å². The Bertz CT molecular complexity index is 668. The van der Waals surface area contributed by atoms with Crippen molar-refractivity contribution in [1.29, 1.82) is 0 Å². The molecular formula is C18H30N6O3. The number of aromatic nitrogens is 2. The van der Waals surface area contributed by atoms with E-state index in [0.29, 0.717) is 26.2 Å². The molecule has 0 unspecified atom stereocenters. The van der Waals surface area contributed by atoms with Gasteiger partial charge in [-0.15, -0.1) is 0 Å². The molecule has 1 saturated heterocycles. The lowest BCUT2D eigenvalue weighted by molar-refractivity contribution is -0.125. The number of nitrogens with zero attached hydrogens (tertiary/aromatic N) is 5.